The van der Waals surface area contributed by atoms with Gasteiger partial charge in [-0.3, -0.25) is 9.69 Å². The van der Waals surface area contributed by atoms with Crippen LogP contribution in [-0.2, 0) is 4.79 Å². The predicted molar refractivity (Wildman–Crippen MR) is 64.6 cm³/mol. The van der Waals surface area contributed by atoms with Gasteiger partial charge in [-0.15, -0.1) is 0 Å². The Labute approximate surface area is 98.2 Å². The molecular formula is C12H24N2O2. The van der Waals surface area contributed by atoms with Gasteiger partial charge in [-0.25, -0.2) is 0 Å². The fourth-order valence-electron chi connectivity index (χ4n) is 2.33. The van der Waals surface area contributed by atoms with Gasteiger partial charge in [0.15, 0.2) is 0 Å². The van der Waals surface area contributed by atoms with E-state index >= 15 is 0 Å². The van der Waals surface area contributed by atoms with E-state index in [1.165, 1.54) is 0 Å². The molecule has 1 heterocycles. The van der Waals surface area contributed by atoms with Crippen molar-refractivity contribution in [2.24, 2.45) is 0 Å². The summed E-state index contributed by atoms with van der Waals surface area (Å²) in [5.41, 5.74) is 0. The first-order valence-corrected chi connectivity index (χ1v) is 6.19. The third-order valence-electron chi connectivity index (χ3n) is 3.48. The van der Waals surface area contributed by atoms with Crippen molar-refractivity contribution in [3.63, 3.8) is 0 Å². The molecule has 4 heteroatoms. The van der Waals surface area contributed by atoms with Crippen LogP contribution in [0.3, 0.4) is 0 Å². The number of rotatable bonds is 6. The van der Waals surface area contributed by atoms with E-state index in [0.717, 1.165) is 38.8 Å². The Morgan fingerprint density at radius 1 is 1.56 bits per heavy atom. The molecule has 0 spiro atoms. The van der Waals surface area contributed by atoms with Gasteiger partial charge in [-0.05, 0) is 26.9 Å². The van der Waals surface area contributed by atoms with Crippen LogP contribution in [0.25, 0.3) is 0 Å². The molecule has 0 radical (unpaired) electrons. The van der Waals surface area contributed by atoms with Crippen LogP contribution in [0, 0.1) is 0 Å². The third-order valence-corrected chi connectivity index (χ3v) is 3.48. The second-order valence-electron chi connectivity index (χ2n) is 4.90. The van der Waals surface area contributed by atoms with Crippen LogP contribution in [0.4, 0.5) is 0 Å². The summed E-state index contributed by atoms with van der Waals surface area (Å²) in [6.07, 6.45) is 3.93. The maximum atomic E-state index is 11.2. The highest BCUT2D eigenvalue weighted by molar-refractivity contribution is 5.73. The minimum Gasteiger partial charge on any atom is -0.480 e. The molecule has 0 aromatic heterocycles. The van der Waals surface area contributed by atoms with E-state index in [4.69, 9.17) is 0 Å². The summed E-state index contributed by atoms with van der Waals surface area (Å²) in [5, 5.41) is 9.23. The van der Waals surface area contributed by atoms with Crippen LogP contribution >= 0.6 is 0 Å². The molecule has 1 rings (SSSR count). The number of unbranched alkanes of at least 4 members (excludes halogenated alkanes) is 1. The molecule has 2 unspecified atom stereocenters. The highest BCUT2D eigenvalue weighted by Gasteiger charge is 2.32. The van der Waals surface area contributed by atoms with Crippen LogP contribution < -0.4 is 0 Å². The van der Waals surface area contributed by atoms with E-state index in [0.29, 0.717) is 6.04 Å². The van der Waals surface area contributed by atoms with Gasteiger partial charge < -0.3 is 10.0 Å². The number of carbonyl (C=O) groups is 1. The molecule has 0 aromatic carbocycles. The van der Waals surface area contributed by atoms with Gasteiger partial charge in [0.2, 0.25) is 0 Å². The molecule has 94 valence electrons. The summed E-state index contributed by atoms with van der Waals surface area (Å²) in [5.74, 6) is -0.659. The van der Waals surface area contributed by atoms with Crippen LogP contribution in [0.5, 0.6) is 0 Å². The molecule has 2 atom stereocenters. The smallest absolute Gasteiger partial charge is 0.320 e. The molecule has 1 aliphatic heterocycles. The van der Waals surface area contributed by atoms with E-state index < -0.39 is 5.97 Å². The number of hydrogen-bond acceptors (Lipinski definition) is 3. The van der Waals surface area contributed by atoms with Crippen molar-refractivity contribution < 1.29 is 9.90 Å². The number of carboxylic acids is 1. The topological polar surface area (TPSA) is 43.8 Å². The van der Waals surface area contributed by atoms with Gasteiger partial charge in [-0.2, -0.15) is 0 Å². The summed E-state index contributed by atoms with van der Waals surface area (Å²) in [4.78, 5) is 15.5. The first-order valence-electron chi connectivity index (χ1n) is 6.19. The van der Waals surface area contributed by atoms with Gasteiger partial charge in [-0.1, -0.05) is 19.8 Å². The zero-order valence-electron chi connectivity index (χ0n) is 10.6. The maximum Gasteiger partial charge on any atom is 0.320 e. The van der Waals surface area contributed by atoms with Gasteiger partial charge >= 0.3 is 5.97 Å². The number of hydrogen-bond donors (Lipinski definition) is 1. The van der Waals surface area contributed by atoms with Crippen molar-refractivity contribution in [1.29, 1.82) is 0 Å². The molecular weight excluding hydrogens is 204 g/mol. The Balaban J connectivity index is 2.50. The summed E-state index contributed by atoms with van der Waals surface area (Å²) in [6, 6.07) is 0.244. The van der Waals surface area contributed by atoms with E-state index in [2.05, 4.69) is 30.8 Å². The Hall–Kier alpha value is -0.610. The van der Waals surface area contributed by atoms with Gasteiger partial charge in [0.05, 0.1) is 0 Å². The second-order valence-corrected chi connectivity index (χ2v) is 4.90. The van der Waals surface area contributed by atoms with Crippen molar-refractivity contribution in [3.05, 3.63) is 0 Å². The van der Waals surface area contributed by atoms with Crippen molar-refractivity contribution >= 4 is 5.97 Å². The fraction of sp³-hybridized carbons (Fsp3) is 0.917. The minimum absolute atomic E-state index is 0.273. The lowest BCUT2D eigenvalue weighted by atomic mass is 10.1. The molecule has 0 aromatic rings. The summed E-state index contributed by atoms with van der Waals surface area (Å²) >= 11 is 0. The zero-order valence-corrected chi connectivity index (χ0v) is 10.6. The van der Waals surface area contributed by atoms with Crippen molar-refractivity contribution in [1.82, 2.24) is 9.80 Å². The molecule has 0 aliphatic carbocycles. The van der Waals surface area contributed by atoms with Crippen LogP contribution in [0.15, 0.2) is 0 Å². The normalized spacial score (nSPS) is 23.9. The first-order chi connectivity index (χ1) is 7.56. The first kappa shape index (κ1) is 13.5. The van der Waals surface area contributed by atoms with Crippen molar-refractivity contribution in [3.8, 4) is 0 Å². The number of nitrogens with zero attached hydrogens (tertiary/aromatic N) is 2. The summed E-state index contributed by atoms with van der Waals surface area (Å²) in [7, 11) is 4.13. The second kappa shape index (κ2) is 6.21. The average molecular weight is 228 g/mol. The monoisotopic (exact) mass is 228 g/mol. The summed E-state index contributed by atoms with van der Waals surface area (Å²) < 4.78 is 0. The molecule has 1 aliphatic rings. The van der Waals surface area contributed by atoms with E-state index in [-0.39, 0.29) is 6.04 Å². The molecule has 0 amide bonds. The lowest BCUT2D eigenvalue weighted by Gasteiger charge is -2.25. The SMILES string of the molecule is CCCCC(C(=O)O)N1CCC(N(C)C)C1. The number of likely N-dealkylation sites (tertiary alicyclic amines) is 1. The van der Waals surface area contributed by atoms with Gasteiger partial charge in [0, 0.05) is 19.1 Å². The molecule has 4 nitrogen and oxygen atoms in total. The van der Waals surface area contributed by atoms with E-state index in [1.807, 2.05) is 0 Å². The standard InChI is InChI=1S/C12H24N2O2/c1-4-5-6-11(12(15)16)14-8-7-10(9-14)13(2)3/h10-11H,4-9H2,1-3H3,(H,15,16). The molecule has 1 fully saturated rings. The van der Waals surface area contributed by atoms with Crippen LogP contribution in [0.1, 0.15) is 32.6 Å². The molecule has 1 N–H and O–H groups in total. The Morgan fingerprint density at radius 3 is 2.69 bits per heavy atom. The Morgan fingerprint density at radius 2 is 2.25 bits per heavy atom. The lowest BCUT2D eigenvalue weighted by molar-refractivity contribution is -0.143. The summed E-state index contributed by atoms with van der Waals surface area (Å²) in [6.45, 7) is 3.92. The highest BCUT2D eigenvalue weighted by Crippen LogP contribution is 2.19. The molecule has 1 saturated heterocycles. The highest BCUT2D eigenvalue weighted by atomic mass is 16.4. The van der Waals surface area contributed by atoms with Crippen LogP contribution in [-0.4, -0.2) is 60.1 Å². The third kappa shape index (κ3) is 3.46. The predicted octanol–water partition coefficient (Wildman–Crippen LogP) is 1.27. The maximum absolute atomic E-state index is 11.2. The van der Waals surface area contributed by atoms with Gasteiger partial charge in [0.1, 0.15) is 6.04 Å². The molecule has 16 heavy (non-hydrogen) atoms. The fourth-order valence-corrected chi connectivity index (χ4v) is 2.33. The molecule has 0 bridgehead atoms. The minimum atomic E-state index is -0.659. The van der Waals surface area contributed by atoms with Crippen LogP contribution in [0.2, 0.25) is 0 Å². The average Bonchev–Trinajstić information content (AvgIpc) is 2.67. The zero-order chi connectivity index (χ0) is 12.1. The Bertz CT molecular complexity index is 231. The number of aliphatic carboxylic acids is 1. The molecule has 0 saturated carbocycles. The van der Waals surface area contributed by atoms with Crippen molar-refractivity contribution in [2.75, 3.05) is 27.2 Å². The lowest BCUT2D eigenvalue weighted by Crippen LogP contribution is -2.41. The van der Waals surface area contributed by atoms with E-state index in [9.17, 15) is 9.90 Å². The van der Waals surface area contributed by atoms with Crippen molar-refractivity contribution in [2.45, 2.75) is 44.7 Å². The van der Waals surface area contributed by atoms with Gasteiger partial charge in [0.25, 0.3) is 0 Å². The van der Waals surface area contributed by atoms with E-state index in [1.54, 1.807) is 0 Å². The number of carboxylic acid groups (broad SMARTS) is 1. The quantitative estimate of drug-likeness (QED) is 0.743. The Kier molecular flexibility index (Phi) is 5.22. The largest absolute Gasteiger partial charge is 0.480 e. The number of likely N-dealkylation sites (N-methyl/N-ethyl adjacent to an activating group) is 1.